The van der Waals surface area contributed by atoms with Crippen LogP contribution in [0.3, 0.4) is 0 Å². The quantitative estimate of drug-likeness (QED) is 0.276. The fourth-order valence-corrected chi connectivity index (χ4v) is 6.19. The topological polar surface area (TPSA) is 6.25 Å². The van der Waals surface area contributed by atoms with E-state index < -0.39 is 0 Å². The van der Waals surface area contributed by atoms with Crippen LogP contribution in [0.1, 0.15) is 64.8 Å². The average Bonchev–Trinajstić information content (AvgIpc) is 3.26. The molecule has 4 aromatic rings. The summed E-state index contributed by atoms with van der Waals surface area (Å²) in [6.45, 7) is 16.3. The molecule has 35 heavy (non-hydrogen) atoms. The maximum absolute atomic E-state index is 2.60. The highest BCUT2D eigenvalue weighted by atomic mass is 15.3. The number of hydrogen-bond donors (Lipinski definition) is 0. The van der Waals surface area contributed by atoms with E-state index in [2.05, 4.69) is 142 Å². The predicted molar refractivity (Wildman–Crippen MR) is 150 cm³/mol. The molecule has 0 saturated heterocycles. The maximum Gasteiger partial charge on any atom is 0.235 e. The third kappa shape index (κ3) is 4.47. The largest absolute Gasteiger partial charge is 0.257 e. The third-order valence-corrected chi connectivity index (χ3v) is 7.45. The number of rotatable bonds is 4. The molecule has 4 aromatic carbocycles. The molecule has 0 aliphatic carbocycles. The molecule has 0 bridgehead atoms. The van der Waals surface area contributed by atoms with E-state index in [-0.39, 0.29) is 10.8 Å². The van der Waals surface area contributed by atoms with Gasteiger partial charge in [0.05, 0.1) is 0 Å². The lowest BCUT2D eigenvalue weighted by atomic mass is 9.80. The summed E-state index contributed by atoms with van der Waals surface area (Å²) >= 11 is 0. The molecule has 0 spiro atoms. The summed E-state index contributed by atoms with van der Waals surface area (Å²) in [5.74, 6) is 0. The summed E-state index contributed by atoms with van der Waals surface area (Å²) in [7, 11) is 0. The number of hydrogen-bond acceptors (Lipinski definition) is 1. The molecule has 0 amide bonds. The van der Waals surface area contributed by atoms with Crippen molar-refractivity contribution in [2.75, 3.05) is 13.1 Å². The fourth-order valence-electron chi connectivity index (χ4n) is 6.19. The molecule has 2 unspecified atom stereocenters. The van der Waals surface area contributed by atoms with E-state index in [9.17, 15) is 0 Å². The normalized spacial score (nSPS) is 16.5. The monoisotopic (exact) mass is 463 g/mol. The standard InChI is InChI=1S/C33H39N2/c1-32(2,3)30(28-19-11-15-24-13-7-9-17-26(24)28)34-21-22-35(23-34)31(33(4,5)6)29-20-12-16-25-14-8-10-18-27(25)29/h7-20,23,30-31H,21-22H2,1-6H3/q+1. The lowest BCUT2D eigenvalue weighted by Crippen LogP contribution is -2.35. The minimum absolute atomic E-state index is 0.0906. The zero-order valence-electron chi connectivity index (χ0n) is 22.1. The smallest absolute Gasteiger partial charge is 0.235 e. The molecule has 1 heterocycles. The first kappa shape index (κ1) is 23.6. The lowest BCUT2D eigenvalue weighted by molar-refractivity contribution is -0.576. The van der Waals surface area contributed by atoms with Gasteiger partial charge in [0.15, 0.2) is 0 Å². The molecule has 2 heteroatoms. The van der Waals surface area contributed by atoms with Gasteiger partial charge in [-0.2, -0.15) is 0 Å². The zero-order valence-corrected chi connectivity index (χ0v) is 22.1. The van der Waals surface area contributed by atoms with Gasteiger partial charge in [0.1, 0.15) is 25.2 Å². The molecule has 5 rings (SSSR count). The molecular weight excluding hydrogens is 424 g/mol. The molecule has 0 aromatic heterocycles. The van der Waals surface area contributed by atoms with E-state index in [4.69, 9.17) is 0 Å². The highest BCUT2D eigenvalue weighted by Gasteiger charge is 2.42. The van der Waals surface area contributed by atoms with Gasteiger partial charge in [0.2, 0.25) is 6.34 Å². The maximum atomic E-state index is 2.60. The molecule has 1 aliphatic heterocycles. The minimum Gasteiger partial charge on any atom is -0.257 e. The first-order valence-corrected chi connectivity index (χ1v) is 13.0. The lowest BCUT2D eigenvalue weighted by Gasteiger charge is -2.34. The molecule has 0 saturated carbocycles. The molecule has 180 valence electrons. The van der Waals surface area contributed by atoms with E-state index in [1.165, 1.54) is 32.7 Å². The molecule has 0 N–H and O–H groups in total. The van der Waals surface area contributed by atoms with Crippen molar-refractivity contribution >= 4 is 27.9 Å². The highest BCUT2D eigenvalue weighted by Crippen LogP contribution is 2.43. The van der Waals surface area contributed by atoms with E-state index in [1.54, 1.807) is 0 Å². The van der Waals surface area contributed by atoms with Gasteiger partial charge in [-0.3, -0.25) is 9.48 Å². The van der Waals surface area contributed by atoms with Crippen LogP contribution < -0.4 is 0 Å². The van der Waals surface area contributed by atoms with Crippen molar-refractivity contribution in [3.63, 3.8) is 0 Å². The minimum atomic E-state index is 0.0906. The van der Waals surface area contributed by atoms with E-state index in [0.717, 1.165) is 13.1 Å². The van der Waals surface area contributed by atoms with Crippen molar-refractivity contribution in [1.82, 2.24) is 4.90 Å². The molecular formula is C33H39N2+. The van der Waals surface area contributed by atoms with Gasteiger partial charge in [-0.15, -0.1) is 0 Å². The van der Waals surface area contributed by atoms with Gasteiger partial charge in [-0.05, 0) is 21.5 Å². The van der Waals surface area contributed by atoms with Crippen LogP contribution in [0.2, 0.25) is 0 Å². The van der Waals surface area contributed by atoms with Crippen molar-refractivity contribution in [3.8, 4) is 0 Å². The Balaban J connectivity index is 1.62. The first-order valence-electron chi connectivity index (χ1n) is 13.0. The molecule has 2 nitrogen and oxygen atoms in total. The van der Waals surface area contributed by atoms with Gasteiger partial charge in [-0.1, -0.05) is 126 Å². The van der Waals surface area contributed by atoms with Gasteiger partial charge in [-0.25, -0.2) is 0 Å². The summed E-state index contributed by atoms with van der Waals surface area (Å²) in [5, 5.41) is 5.36. The Kier molecular flexibility index (Phi) is 5.95. The Morgan fingerprint density at radius 3 is 1.71 bits per heavy atom. The third-order valence-electron chi connectivity index (χ3n) is 7.45. The van der Waals surface area contributed by atoms with E-state index in [0.29, 0.717) is 12.1 Å². The second-order valence-electron chi connectivity index (χ2n) is 12.3. The van der Waals surface area contributed by atoms with Crippen molar-refractivity contribution in [1.29, 1.82) is 0 Å². The van der Waals surface area contributed by atoms with Crippen LogP contribution in [0, 0.1) is 10.8 Å². The Morgan fingerprint density at radius 2 is 1.14 bits per heavy atom. The van der Waals surface area contributed by atoms with Crippen LogP contribution in [-0.4, -0.2) is 28.9 Å². The van der Waals surface area contributed by atoms with E-state index in [1.807, 2.05) is 0 Å². The van der Waals surface area contributed by atoms with Gasteiger partial charge in [0, 0.05) is 22.0 Å². The van der Waals surface area contributed by atoms with Crippen molar-refractivity contribution < 1.29 is 4.58 Å². The Labute approximate surface area is 210 Å². The number of benzene rings is 4. The first-order chi connectivity index (χ1) is 16.6. The van der Waals surface area contributed by atoms with Crippen LogP contribution >= 0.6 is 0 Å². The van der Waals surface area contributed by atoms with Gasteiger partial charge < -0.3 is 0 Å². The van der Waals surface area contributed by atoms with E-state index >= 15 is 0 Å². The van der Waals surface area contributed by atoms with Crippen LogP contribution in [0.5, 0.6) is 0 Å². The van der Waals surface area contributed by atoms with Gasteiger partial charge >= 0.3 is 0 Å². The highest BCUT2D eigenvalue weighted by molar-refractivity contribution is 5.87. The summed E-state index contributed by atoms with van der Waals surface area (Å²) in [4.78, 5) is 2.60. The molecule has 1 aliphatic rings. The van der Waals surface area contributed by atoms with Crippen LogP contribution in [-0.2, 0) is 0 Å². The van der Waals surface area contributed by atoms with Crippen molar-refractivity contribution in [3.05, 3.63) is 96.1 Å². The second kappa shape index (κ2) is 8.82. The fraction of sp³-hybridized carbons (Fsp3) is 0.364. The second-order valence-corrected chi connectivity index (χ2v) is 12.3. The molecule has 0 radical (unpaired) electrons. The van der Waals surface area contributed by atoms with Crippen LogP contribution in [0.4, 0.5) is 0 Å². The Bertz CT molecular complexity index is 1370. The summed E-state index contributed by atoms with van der Waals surface area (Å²) < 4.78 is 2.60. The summed E-state index contributed by atoms with van der Waals surface area (Å²) in [6, 6.07) is 31.8. The predicted octanol–water partition coefficient (Wildman–Crippen LogP) is 8.22. The number of fused-ring (bicyclic) bond motifs is 2. The SMILES string of the molecule is CC(C)(C)C(c1cccc2ccccc12)N1C=[N+](C(c2cccc3ccccc23)C(C)(C)C)CC1. The molecule has 2 atom stereocenters. The Hall–Kier alpha value is -3.13. The Morgan fingerprint density at radius 1 is 0.629 bits per heavy atom. The molecule has 0 fully saturated rings. The summed E-state index contributed by atoms with van der Waals surface area (Å²) in [5.41, 5.74) is 3.03. The zero-order chi connectivity index (χ0) is 24.8. The summed E-state index contributed by atoms with van der Waals surface area (Å²) in [6.07, 6.45) is 2.44. The van der Waals surface area contributed by atoms with Crippen LogP contribution in [0.25, 0.3) is 21.5 Å². The number of nitrogens with zero attached hydrogens (tertiary/aromatic N) is 2. The van der Waals surface area contributed by atoms with Crippen molar-refractivity contribution in [2.45, 2.75) is 53.6 Å². The average molecular weight is 464 g/mol. The van der Waals surface area contributed by atoms with Crippen molar-refractivity contribution in [2.24, 2.45) is 10.8 Å². The van der Waals surface area contributed by atoms with Gasteiger partial charge in [0.25, 0.3) is 0 Å². The van der Waals surface area contributed by atoms with Crippen LogP contribution in [0.15, 0.2) is 84.9 Å².